The van der Waals surface area contributed by atoms with Crippen molar-refractivity contribution in [3.05, 3.63) is 60.8 Å². The molecule has 6 heteroatoms. The van der Waals surface area contributed by atoms with E-state index >= 15 is 0 Å². The highest BCUT2D eigenvalue weighted by Crippen LogP contribution is 2.16. The van der Waals surface area contributed by atoms with Gasteiger partial charge in [0.2, 0.25) is 5.91 Å². The van der Waals surface area contributed by atoms with E-state index < -0.39 is 12.1 Å². The van der Waals surface area contributed by atoms with Crippen molar-refractivity contribution in [3.63, 3.8) is 0 Å². The molecule has 2 atom stereocenters. The van der Waals surface area contributed by atoms with E-state index in [0.29, 0.717) is 19.4 Å². The van der Waals surface area contributed by atoms with Gasteiger partial charge < -0.3 is 20.3 Å². The number of nitrogens with one attached hydrogen (secondary N) is 1. The Bertz CT molecular complexity index is 1210. The van der Waals surface area contributed by atoms with Crippen LogP contribution in [0.4, 0.5) is 0 Å². The third kappa shape index (κ3) is 54.7. The van der Waals surface area contributed by atoms with Gasteiger partial charge in [0, 0.05) is 12.8 Å². The molecule has 0 aliphatic rings. The van der Waals surface area contributed by atoms with Crippen molar-refractivity contribution < 1.29 is 24.5 Å². The second kappa shape index (κ2) is 58.1. The van der Waals surface area contributed by atoms with Gasteiger partial charge in [0.15, 0.2) is 0 Å². The highest BCUT2D eigenvalue weighted by atomic mass is 16.5. The Balaban J connectivity index is 3.55. The van der Waals surface area contributed by atoms with E-state index in [-0.39, 0.29) is 18.5 Å². The molecule has 3 N–H and O–H groups in total. The Hall–Kier alpha value is -2.44. The standard InChI is InChI=1S/C63H115NO5/c1-3-5-7-9-11-13-15-17-19-20-21-22-24-28-31-35-39-43-47-51-55-61(66)60(59-65)64-62(67)56-52-48-44-40-36-32-29-25-23-26-30-34-38-42-46-50-54-58-69-63(68)57-53-49-45-41-37-33-27-18-16-14-12-10-8-6-4-2/h12,14,18,23,26-27,34,38,51,55,60-61,65-66H,3-11,13,15-17,19-22,24-25,28-33,35-37,39-50,52-54,56-59H2,1-2H3,(H,64,67)/b14-12-,26-23-,27-18-,38-34-,55-51+. The minimum absolute atomic E-state index is 0.0309. The quantitative estimate of drug-likeness (QED) is 0.0321. The van der Waals surface area contributed by atoms with Crippen LogP contribution in [0.5, 0.6) is 0 Å². The van der Waals surface area contributed by atoms with Crippen LogP contribution in [0.25, 0.3) is 0 Å². The number of allylic oxidation sites excluding steroid dienone is 9. The minimum atomic E-state index is -0.858. The van der Waals surface area contributed by atoms with Crippen LogP contribution in [0, 0.1) is 0 Å². The molecule has 0 aromatic heterocycles. The van der Waals surface area contributed by atoms with Gasteiger partial charge >= 0.3 is 5.97 Å². The monoisotopic (exact) mass is 966 g/mol. The van der Waals surface area contributed by atoms with Gasteiger partial charge in [0.1, 0.15) is 0 Å². The zero-order valence-corrected chi connectivity index (χ0v) is 45.8. The Morgan fingerprint density at radius 1 is 0.406 bits per heavy atom. The lowest BCUT2D eigenvalue weighted by molar-refractivity contribution is -0.143. The molecule has 1 amide bonds. The number of rotatable bonds is 55. The number of hydrogen-bond donors (Lipinski definition) is 3. The van der Waals surface area contributed by atoms with Crippen LogP contribution in [0.2, 0.25) is 0 Å². The highest BCUT2D eigenvalue weighted by Gasteiger charge is 2.18. The highest BCUT2D eigenvalue weighted by molar-refractivity contribution is 5.76. The second-order valence-electron chi connectivity index (χ2n) is 20.3. The van der Waals surface area contributed by atoms with Crippen molar-refractivity contribution in [2.75, 3.05) is 13.2 Å². The summed E-state index contributed by atoms with van der Waals surface area (Å²) in [6.07, 6.45) is 75.3. The summed E-state index contributed by atoms with van der Waals surface area (Å²) in [5, 5.41) is 23.2. The molecule has 0 aliphatic carbocycles. The third-order valence-electron chi connectivity index (χ3n) is 13.5. The molecule has 0 rings (SSSR count). The first-order valence-electron chi connectivity index (χ1n) is 30.1. The summed E-state index contributed by atoms with van der Waals surface area (Å²) in [5.41, 5.74) is 0. The molecule has 0 aromatic rings. The van der Waals surface area contributed by atoms with E-state index in [4.69, 9.17) is 4.74 Å². The number of hydrogen-bond acceptors (Lipinski definition) is 5. The number of carbonyl (C=O) groups excluding carboxylic acids is 2. The first-order chi connectivity index (χ1) is 34.0. The van der Waals surface area contributed by atoms with Crippen molar-refractivity contribution in [2.24, 2.45) is 0 Å². The Kier molecular flexibility index (Phi) is 56.1. The van der Waals surface area contributed by atoms with Gasteiger partial charge in [0.05, 0.1) is 25.4 Å². The molecule has 0 bridgehead atoms. The fraction of sp³-hybridized carbons (Fsp3) is 0.810. The van der Waals surface area contributed by atoms with E-state index in [0.717, 1.165) is 96.3 Å². The molecule has 0 aromatic carbocycles. The molecular weight excluding hydrogens is 851 g/mol. The number of amides is 1. The predicted molar refractivity (Wildman–Crippen MR) is 301 cm³/mol. The van der Waals surface area contributed by atoms with E-state index in [9.17, 15) is 19.8 Å². The van der Waals surface area contributed by atoms with Crippen molar-refractivity contribution in [1.82, 2.24) is 5.32 Å². The largest absolute Gasteiger partial charge is 0.466 e. The molecule has 2 unspecified atom stereocenters. The smallest absolute Gasteiger partial charge is 0.305 e. The average Bonchev–Trinajstić information content (AvgIpc) is 3.35. The first-order valence-corrected chi connectivity index (χ1v) is 30.1. The van der Waals surface area contributed by atoms with Crippen LogP contribution in [0.15, 0.2) is 60.8 Å². The molecule has 0 aliphatic heterocycles. The van der Waals surface area contributed by atoms with Gasteiger partial charge in [-0.05, 0) is 103 Å². The van der Waals surface area contributed by atoms with E-state index in [1.165, 1.54) is 180 Å². The van der Waals surface area contributed by atoms with Crippen molar-refractivity contribution in [1.29, 1.82) is 0 Å². The Morgan fingerprint density at radius 3 is 1.13 bits per heavy atom. The molecule has 0 saturated heterocycles. The molecule has 69 heavy (non-hydrogen) atoms. The molecular formula is C63H115NO5. The van der Waals surface area contributed by atoms with Gasteiger partial charge in [0.25, 0.3) is 0 Å². The van der Waals surface area contributed by atoms with E-state index in [1.807, 2.05) is 6.08 Å². The van der Waals surface area contributed by atoms with Crippen LogP contribution in [0.1, 0.15) is 303 Å². The lowest BCUT2D eigenvalue weighted by Gasteiger charge is -2.20. The number of aliphatic hydroxyl groups excluding tert-OH is 2. The molecule has 0 fully saturated rings. The summed E-state index contributed by atoms with van der Waals surface area (Å²) in [6.45, 7) is 4.83. The van der Waals surface area contributed by atoms with Gasteiger partial charge in [-0.3, -0.25) is 9.59 Å². The summed E-state index contributed by atoms with van der Waals surface area (Å²) in [5.74, 6) is -0.115. The topological polar surface area (TPSA) is 95.9 Å². The lowest BCUT2D eigenvalue weighted by atomic mass is 10.0. The normalized spacial score (nSPS) is 13.0. The molecule has 0 saturated carbocycles. The van der Waals surface area contributed by atoms with Gasteiger partial charge in [-0.15, -0.1) is 0 Å². The van der Waals surface area contributed by atoms with Crippen molar-refractivity contribution >= 4 is 11.9 Å². The maximum atomic E-state index is 12.5. The molecule has 0 radical (unpaired) electrons. The fourth-order valence-corrected chi connectivity index (χ4v) is 8.87. The maximum absolute atomic E-state index is 12.5. The maximum Gasteiger partial charge on any atom is 0.305 e. The summed E-state index contributed by atoms with van der Waals surface area (Å²) in [4.78, 5) is 24.5. The Morgan fingerprint density at radius 2 is 0.725 bits per heavy atom. The number of aliphatic hydroxyl groups is 2. The van der Waals surface area contributed by atoms with Crippen LogP contribution >= 0.6 is 0 Å². The SMILES string of the molecule is CCCCC/C=C\C/C=C\CCCCCCCC(=O)OCCCCC/C=C\C/C=C\CCCCCCCCCC(=O)NC(CO)C(O)/C=C/CCCCCCCCCCCCCCCCCCCC. The predicted octanol–water partition coefficient (Wildman–Crippen LogP) is 18.7. The zero-order valence-electron chi connectivity index (χ0n) is 45.8. The minimum Gasteiger partial charge on any atom is -0.466 e. The molecule has 0 spiro atoms. The van der Waals surface area contributed by atoms with Crippen LogP contribution in [-0.4, -0.2) is 47.4 Å². The van der Waals surface area contributed by atoms with E-state index in [1.54, 1.807) is 6.08 Å². The zero-order chi connectivity index (χ0) is 50.0. The summed E-state index contributed by atoms with van der Waals surface area (Å²) in [6, 6.07) is -0.643. The van der Waals surface area contributed by atoms with Gasteiger partial charge in [-0.1, -0.05) is 248 Å². The van der Waals surface area contributed by atoms with Crippen molar-refractivity contribution in [3.8, 4) is 0 Å². The average molecular weight is 967 g/mol. The molecule has 402 valence electrons. The summed E-state index contributed by atoms with van der Waals surface area (Å²) >= 11 is 0. The third-order valence-corrected chi connectivity index (χ3v) is 13.5. The fourth-order valence-electron chi connectivity index (χ4n) is 8.87. The van der Waals surface area contributed by atoms with Crippen LogP contribution < -0.4 is 5.32 Å². The Labute approximate surface area is 428 Å². The summed E-state index contributed by atoms with van der Waals surface area (Å²) in [7, 11) is 0. The lowest BCUT2D eigenvalue weighted by Crippen LogP contribution is -2.45. The number of unbranched alkanes of at least 4 members (excludes halogenated alkanes) is 36. The first kappa shape index (κ1) is 66.6. The van der Waals surface area contributed by atoms with Crippen molar-refractivity contribution in [2.45, 2.75) is 315 Å². The van der Waals surface area contributed by atoms with Gasteiger partial charge in [-0.2, -0.15) is 0 Å². The number of ether oxygens (including phenoxy) is 1. The number of esters is 1. The van der Waals surface area contributed by atoms with Crippen LogP contribution in [0.3, 0.4) is 0 Å². The number of carbonyl (C=O) groups is 2. The second-order valence-corrected chi connectivity index (χ2v) is 20.3. The summed E-state index contributed by atoms with van der Waals surface area (Å²) < 4.78 is 5.45. The van der Waals surface area contributed by atoms with Crippen LogP contribution in [-0.2, 0) is 14.3 Å². The van der Waals surface area contributed by atoms with Gasteiger partial charge in [-0.25, -0.2) is 0 Å². The van der Waals surface area contributed by atoms with E-state index in [2.05, 4.69) is 67.8 Å². The molecule has 0 heterocycles. The molecule has 6 nitrogen and oxygen atoms in total.